The first-order chi connectivity index (χ1) is 21.3. The van der Waals surface area contributed by atoms with Gasteiger partial charge in [0.05, 0.1) is 12.7 Å². The standard InChI is InChI=1S/C37H32N4O3/c1-20-15-21(2)34(22(3)16-20)36-32-12-8-26(40-32)18-24-6-5-23(38-24)17-25-7-11-30(39-25)35(31-13-14-33(36)41-31)28-10-9-27(44-4)19-29(28)37(42)43/h5-19,38-41H,1-4H3,(H,42,43). The molecule has 7 heteroatoms. The topological polar surface area (TPSA) is 110 Å². The third-order valence-electron chi connectivity index (χ3n) is 8.19. The number of carboxylic acids is 1. The van der Waals surface area contributed by atoms with Gasteiger partial charge in [0.1, 0.15) is 5.75 Å². The highest BCUT2D eigenvalue weighted by molar-refractivity contribution is 5.97. The Labute approximate surface area is 253 Å². The van der Waals surface area contributed by atoms with E-state index >= 15 is 0 Å². The molecule has 0 unspecified atom stereocenters. The van der Waals surface area contributed by atoms with Gasteiger partial charge in [0.15, 0.2) is 0 Å². The van der Waals surface area contributed by atoms with Gasteiger partial charge in [0, 0.05) is 60.9 Å². The minimum Gasteiger partial charge on any atom is -0.497 e. The zero-order valence-corrected chi connectivity index (χ0v) is 24.9. The summed E-state index contributed by atoms with van der Waals surface area (Å²) in [6.45, 7) is 6.41. The van der Waals surface area contributed by atoms with Gasteiger partial charge in [-0.05, 0) is 116 Å². The van der Waals surface area contributed by atoms with Crippen molar-refractivity contribution in [1.82, 2.24) is 19.9 Å². The number of methoxy groups -OCH3 is 1. The molecule has 0 radical (unpaired) electrons. The van der Waals surface area contributed by atoms with Crippen molar-refractivity contribution in [3.8, 4) is 5.75 Å². The van der Waals surface area contributed by atoms with Gasteiger partial charge in [-0.25, -0.2) is 4.79 Å². The van der Waals surface area contributed by atoms with E-state index < -0.39 is 5.97 Å². The third kappa shape index (κ3) is 4.78. The lowest BCUT2D eigenvalue weighted by Gasteiger charge is -2.15. The number of benzene rings is 2. The van der Waals surface area contributed by atoms with Crippen LogP contribution in [-0.2, 0) is 0 Å². The molecule has 0 amide bonds. The number of aryl methyl sites for hydroxylation is 3. The lowest BCUT2D eigenvalue weighted by atomic mass is 9.92. The first-order valence-electron chi connectivity index (χ1n) is 14.5. The Morgan fingerprint density at radius 3 is 1.84 bits per heavy atom. The third-order valence-corrected chi connectivity index (χ3v) is 8.19. The van der Waals surface area contributed by atoms with Crippen molar-refractivity contribution in [3.05, 3.63) is 156 Å². The summed E-state index contributed by atoms with van der Waals surface area (Å²) in [6.07, 6.45) is 4.13. The first-order valence-corrected chi connectivity index (χ1v) is 14.5. The number of aromatic amines is 4. The van der Waals surface area contributed by atoms with Gasteiger partial charge < -0.3 is 29.8 Å². The number of carbonyl (C=O) groups is 1. The minimum atomic E-state index is -1.03. The van der Waals surface area contributed by atoms with Crippen molar-refractivity contribution in [2.75, 3.05) is 7.11 Å². The molecule has 0 spiro atoms. The van der Waals surface area contributed by atoms with E-state index in [9.17, 15) is 9.90 Å². The minimum absolute atomic E-state index is 0.151. The van der Waals surface area contributed by atoms with Crippen LogP contribution in [0.4, 0.5) is 0 Å². The van der Waals surface area contributed by atoms with Crippen LogP contribution in [0.5, 0.6) is 5.75 Å². The number of rotatable bonds is 4. The highest BCUT2D eigenvalue weighted by Crippen LogP contribution is 2.31. The zero-order valence-electron chi connectivity index (χ0n) is 24.9. The Morgan fingerprint density at radius 1 is 0.659 bits per heavy atom. The number of carboxylic acid groups (broad SMARTS) is 1. The van der Waals surface area contributed by atoms with Gasteiger partial charge >= 0.3 is 5.97 Å². The molecule has 2 aromatic carbocycles. The van der Waals surface area contributed by atoms with Crippen LogP contribution in [-0.4, -0.2) is 38.1 Å². The molecule has 5 N–H and O–H groups in total. The van der Waals surface area contributed by atoms with Crippen LogP contribution in [0.2, 0.25) is 0 Å². The maximum Gasteiger partial charge on any atom is 0.336 e. The Balaban J connectivity index is 1.60. The van der Waals surface area contributed by atoms with Gasteiger partial charge in [-0.2, -0.15) is 0 Å². The number of hydrogen-bond donors (Lipinski definition) is 5. The highest BCUT2D eigenvalue weighted by atomic mass is 16.5. The van der Waals surface area contributed by atoms with E-state index in [4.69, 9.17) is 4.74 Å². The smallest absolute Gasteiger partial charge is 0.336 e. The molecule has 44 heavy (non-hydrogen) atoms. The zero-order chi connectivity index (χ0) is 30.5. The summed E-state index contributed by atoms with van der Waals surface area (Å²) in [5, 5.41) is 13.9. The second-order valence-electron chi connectivity index (χ2n) is 11.3. The molecule has 6 aromatic rings. The van der Waals surface area contributed by atoms with Crippen LogP contribution in [0.25, 0.3) is 23.3 Å². The van der Waals surface area contributed by atoms with Gasteiger partial charge in [0.25, 0.3) is 0 Å². The number of aromatic nitrogens is 4. The maximum absolute atomic E-state index is 12.6. The van der Waals surface area contributed by atoms with Gasteiger partial charge in [-0.3, -0.25) is 0 Å². The second-order valence-corrected chi connectivity index (χ2v) is 11.3. The van der Waals surface area contributed by atoms with E-state index in [1.807, 2.05) is 36.4 Å². The predicted molar refractivity (Wildman–Crippen MR) is 173 cm³/mol. The molecule has 7 rings (SSSR count). The summed E-state index contributed by atoms with van der Waals surface area (Å²) in [6, 6.07) is 26.0. The average molecular weight is 581 g/mol. The summed E-state index contributed by atoms with van der Waals surface area (Å²) in [5.74, 6) is -0.550. The SMILES string of the molecule is COc1ccc(C2=c3ccc([nH]3)=Cc3ccc([nH]3)C=c3ccc([nH]3)=C(c3c(C)cc(C)cc3C)c3ccc2[nH]3)c(C(=O)O)c1. The van der Waals surface area contributed by atoms with Gasteiger partial charge in [-0.1, -0.05) is 17.7 Å². The van der Waals surface area contributed by atoms with Crippen molar-refractivity contribution in [3.63, 3.8) is 0 Å². The Morgan fingerprint density at radius 2 is 1.25 bits per heavy atom. The summed E-state index contributed by atoms with van der Waals surface area (Å²) in [4.78, 5) is 26.9. The second kappa shape index (κ2) is 10.5. The molecule has 0 saturated carbocycles. The van der Waals surface area contributed by atoms with E-state index in [1.54, 1.807) is 12.1 Å². The highest BCUT2D eigenvalue weighted by Gasteiger charge is 2.21. The fourth-order valence-corrected chi connectivity index (χ4v) is 6.37. The van der Waals surface area contributed by atoms with Crippen molar-refractivity contribution >= 4 is 29.3 Å². The van der Waals surface area contributed by atoms with Crippen LogP contribution in [0.1, 0.15) is 61.0 Å². The number of nitrogens with one attached hydrogen (secondary N) is 4. The molecule has 1 aliphatic rings. The largest absolute Gasteiger partial charge is 0.497 e. The lowest BCUT2D eigenvalue weighted by molar-refractivity contribution is 0.0696. The van der Waals surface area contributed by atoms with E-state index in [2.05, 4.69) is 83.2 Å². The van der Waals surface area contributed by atoms with E-state index in [1.165, 1.54) is 23.8 Å². The number of hydrogen-bond acceptors (Lipinski definition) is 2. The summed E-state index contributed by atoms with van der Waals surface area (Å²) >= 11 is 0. The van der Waals surface area contributed by atoms with Crippen molar-refractivity contribution in [2.45, 2.75) is 20.8 Å². The summed E-state index contributed by atoms with van der Waals surface area (Å²) in [5.41, 5.74) is 10.8. The normalized spacial score (nSPS) is 12.5. The van der Waals surface area contributed by atoms with E-state index in [-0.39, 0.29) is 5.56 Å². The fraction of sp³-hybridized carbons (Fsp3) is 0.108. The molecule has 4 aromatic heterocycles. The van der Waals surface area contributed by atoms with Crippen molar-refractivity contribution in [2.24, 2.45) is 0 Å². The predicted octanol–water partition coefficient (Wildman–Crippen LogP) is 4.10. The molecular formula is C37H32N4O3. The molecule has 5 heterocycles. The number of fused-ring (bicyclic) bond motifs is 8. The number of ether oxygens (including phenoxy) is 1. The monoisotopic (exact) mass is 580 g/mol. The molecule has 1 aliphatic heterocycles. The van der Waals surface area contributed by atoms with Crippen LogP contribution >= 0.6 is 0 Å². The van der Waals surface area contributed by atoms with Gasteiger partial charge in [-0.15, -0.1) is 0 Å². The Kier molecular flexibility index (Phi) is 6.51. The lowest BCUT2D eigenvalue weighted by Crippen LogP contribution is -2.17. The molecule has 0 fully saturated rings. The number of aromatic carboxylic acids is 1. The first kappa shape index (κ1) is 27.2. The molecule has 8 bridgehead atoms. The molecule has 0 aliphatic carbocycles. The van der Waals surface area contributed by atoms with Crippen LogP contribution in [0, 0.1) is 20.8 Å². The Bertz CT molecular complexity index is 2320. The van der Waals surface area contributed by atoms with Crippen molar-refractivity contribution < 1.29 is 14.6 Å². The number of H-pyrrole nitrogens is 4. The summed E-state index contributed by atoms with van der Waals surface area (Å²) in [7, 11) is 1.53. The molecule has 0 saturated heterocycles. The molecule has 7 nitrogen and oxygen atoms in total. The van der Waals surface area contributed by atoms with E-state index in [0.29, 0.717) is 11.3 Å². The quantitative estimate of drug-likeness (QED) is 0.216. The van der Waals surface area contributed by atoms with Crippen LogP contribution < -0.4 is 26.1 Å². The van der Waals surface area contributed by atoms with Gasteiger partial charge in [0.2, 0.25) is 0 Å². The Hall–Kier alpha value is -5.69. The fourth-order valence-electron chi connectivity index (χ4n) is 6.37. The molecule has 218 valence electrons. The summed E-state index contributed by atoms with van der Waals surface area (Å²) < 4.78 is 5.38. The van der Waals surface area contributed by atoms with Crippen LogP contribution in [0.3, 0.4) is 0 Å². The molecule has 0 atom stereocenters. The van der Waals surface area contributed by atoms with Crippen molar-refractivity contribution in [1.29, 1.82) is 0 Å². The van der Waals surface area contributed by atoms with E-state index in [0.717, 1.165) is 60.9 Å². The molecular weight excluding hydrogens is 548 g/mol. The van der Waals surface area contributed by atoms with Crippen LogP contribution in [0.15, 0.2) is 78.9 Å². The average Bonchev–Trinajstić information content (AvgIpc) is 3.81. The maximum atomic E-state index is 12.6.